The van der Waals surface area contributed by atoms with Crippen molar-refractivity contribution in [2.24, 2.45) is 7.05 Å². The van der Waals surface area contributed by atoms with Crippen molar-refractivity contribution in [3.8, 4) is 5.75 Å². The van der Waals surface area contributed by atoms with Crippen molar-refractivity contribution < 1.29 is 14.3 Å². The Kier molecular flexibility index (Phi) is 5.31. The van der Waals surface area contributed by atoms with Crippen LogP contribution in [-0.4, -0.2) is 21.4 Å². The highest BCUT2D eigenvalue weighted by Crippen LogP contribution is 2.21. The summed E-state index contributed by atoms with van der Waals surface area (Å²) < 4.78 is 12.7. The van der Waals surface area contributed by atoms with E-state index in [1.807, 2.05) is 45.0 Å². The van der Waals surface area contributed by atoms with Crippen LogP contribution in [0.25, 0.3) is 0 Å². The normalized spacial score (nSPS) is 11.3. The topological polar surface area (TPSA) is 53.4 Å². The number of hydrogen-bond acceptors (Lipinski definition) is 4. The molecule has 0 bridgehead atoms. The predicted molar refractivity (Wildman–Crippen MR) is 88.5 cm³/mol. The Balaban J connectivity index is 2.04. The van der Waals surface area contributed by atoms with Crippen molar-refractivity contribution in [1.29, 1.82) is 0 Å². The van der Waals surface area contributed by atoms with Crippen LogP contribution < -0.4 is 4.74 Å². The molecule has 0 fully saturated rings. The van der Waals surface area contributed by atoms with Crippen LogP contribution >= 0.6 is 11.6 Å². The fraction of sp³-hybridized carbons (Fsp3) is 0.412. The lowest BCUT2D eigenvalue weighted by molar-refractivity contribution is -0.153. The lowest BCUT2D eigenvalue weighted by Crippen LogP contribution is -2.25. The SMILES string of the molecule is Cn1nc(COc2ccccc2CC(=O)OC(C)(C)C)cc1Cl. The first-order valence-electron chi connectivity index (χ1n) is 7.35. The molecule has 0 aliphatic rings. The highest BCUT2D eigenvalue weighted by molar-refractivity contribution is 6.29. The first-order valence-corrected chi connectivity index (χ1v) is 7.73. The molecule has 0 aliphatic heterocycles. The van der Waals surface area contributed by atoms with E-state index in [4.69, 9.17) is 21.1 Å². The first-order chi connectivity index (χ1) is 10.7. The van der Waals surface area contributed by atoms with Gasteiger partial charge in [-0.25, -0.2) is 0 Å². The van der Waals surface area contributed by atoms with Crippen LogP contribution in [0.5, 0.6) is 5.75 Å². The van der Waals surface area contributed by atoms with Crippen LogP contribution in [0, 0.1) is 0 Å². The predicted octanol–water partition coefficient (Wildman–Crippen LogP) is 3.54. The van der Waals surface area contributed by atoms with Gasteiger partial charge >= 0.3 is 5.97 Å². The third-order valence-corrected chi connectivity index (χ3v) is 3.33. The van der Waals surface area contributed by atoms with Crippen LogP contribution in [0.3, 0.4) is 0 Å². The molecule has 1 heterocycles. The molecule has 1 aromatic heterocycles. The zero-order chi connectivity index (χ0) is 17.0. The minimum Gasteiger partial charge on any atom is -0.487 e. The Labute approximate surface area is 141 Å². The number of aryl methyl sites for hydroxylation is 1. The van der Waals surface area contributed by atoms with Gasteiger partial charge in [-0.15, -0.1) is 0 Å². The molecule has 6 heteroatoms. The Morgan fingerprint density at radius 3 is 2.61 bits per heavy atom. The molecule has 0 saturated carbocycles. The molecular formula is C17H21ClN2O3. The fourth-order valence-electron chi connectivity index (χ4n) is 2.05. The number of benzene rings is 1. The van der Waals surface area contributed by atoms with E-state index in [0.29, 0.717) is 10.9 Å². The first kappa shape index (κ1) is 17.3. The Bertz CT molecular complexity index is 670. The Morgan fingerprint density at radius 1 is 1.30 bits per heavy atom. The van der Waals surface area contributed by atoms with Crippen molar-refractivity contribution in [2.75, 3.05) is 0 Å². The van der Waals surface area contributed by atoms with E-state index in [9.17, 15) is 4.79 Å². The second kappa shape index (κ2) is 7.04. The summed E-state index contributed by atoms with van der Waals surface area (Å²) in [4.78, 5) is 12.0. The van der Waals surface area contributed by atoms with E-state index < -0.39 is 5.60 Å². The molecule has 0 radical (unpaired) electrons. The van der Waals surface area contributed by atoms with Crippen LogP contribution in [0.4, 0.5) is 0 Å². The number of rotatable bonds is 5. The number of carbonyl (C=O) groups excluding carboxylic acids is 1. The summed E-state index contributed by atoms with van der Waals surface area (Å²) in [5.74, 6) is 0.356. The molecule has 0 spiro atoms. The quantitative estimate of drug-likeness (QED) is 0.784. The summed E-state index contributed by atoms with van der Waals surface area (Å²) in [5.41, 5.74) is 1.01. The van der Waals surface area contributed by atoms with Gasteiger partial charge in [-0.2, -0.15) is 5.10 Å². The monoisotopic (exact) mass is 336 g/mol. The number of aromatic nitrogens is 2. The van der Waals surface area contributed by atoms with Gasteiger partial charge in [0.15, 0.2) is 0 Å². The molecule has 0 aliphatic carbocycles. The summed E-state index contributed by atoms with van der Waals surface area (Å²) in [7, 11) is 1.77. The third kappa shape index (κ3) is 5.28. The fourth-order valence-corrected chi connectivity index (χ4v) is 2.21. The molecule has 1 aromatic carbocycles. The minimum absolute atomic E-state index is 0.163. The third-order valence-electron chi connectivity index (χ3n) is 2.98. The number of carbonyl (C=O) groups is 1. The summed E-state index contributed by atoms with van der Waals surface area (Å²) >= 11 is 5.96. The van der Waals surface area contributed by atoms with Crippen molar-refractivity contribution in [1.82, 2.24) is 9.78 Å². The standard InChI is InChI=1S/C17H21ClN2O3/c1-17(2,3)23-16(21)9-12-7-5-6-8-14(12)22-11-13-10-15(18)20(4)19-13/h5-8,10H,9,11H2,1-4H3. The van der Waals surface area contributed by atoms with E-state index in [-0.39, 0.29) is 19.0 Å². The zero-order valence-electron chi connectivity index (χ0n) is 13.8. The number of para-hydroxylation sites is 1. The number of nitrogens with zero attached hydrogens (tertiary/aromatic N) is 2. The van der Waals surface area contributed by atoms with E-state index in [0.717, 1.165) is 11.3 Å². The van der Waals surface area contributed by atoms with Crippen LogP contribution in [0.2, 0.25) is 5.15 Å². The second-order valence-corrected chi connectivity index (χ2v) is 6.63. The molecule has 5 nitrogen and oxygen atoms in total. The summed E-state index contributed by atoms with van der Waals surface area (Å²) in [6.07, 6.45) is 0.163. The van der Waals surface area contributed by atoms with E-state index >= 15 is 0 Å². The van der Waals surface area contributed by atoms with Gasteiger partial charge in [0, 0.05) is 18.7 Å². The Hall–Kier alpha value is -2.01. The molecule has 124 valence electrons. The minimum atomic E-state index is -0.502. The number of hydrogen-bond donors (Lipinski definition) is 0. The van der Waals surface area contributed by atoms with Gasteiger partial charge < -0.3 is 9.47 Å². The molecular weight excluding hydrogens is 316 g/mol. The van der Waals surface area contributed by atoms with Crippen molar-refractivity contribution in [3.63, 3.8) is 0 Å². The van der Waals surface area contributed by atoms with E-state index in [1.54, 1.807) is 17.8 Å². The van der Waals surface area contributed by atoms with Gasteiger partial charge in [-0.3, -0.25) is 9.48 Å². The van der Waals surface area contributed by atoms with Crippen molar-refractivity contribution >= 4 is 17.6 Å². The Morgan fingerprint density at radius 2 is 2.00 bits per heavy atom. The molecule has 2 aromatic rings. The molecule has 0 saturated heterocycles. The maximum atomic E-state index is 12.0. The van der Waals surface area contributed by atoms with Crippen LogP contribution in [0.15, 0.2) is 30.3 Å². The van der Waals surface area contributed by atoms with Crippen LogP contribution in [-0.2, 0) is 29.6 Å². The number of halogens is 1. The largest absolute Gasteiger partial charge is 0.487 e. The molecule has 0 amide bonds. The lowest BCUT2D eigenvalue weighted by atomic mass is 10.1. The van der Waals surface area contributed by atoms with E-state index in [2.05, 4.69) is 5.10 Å². The molecule has 0 unspecified atom stereocenters. The highest BCUT2D eigenvalue weighted by Gasteiger charge is 2.18. The molecule has 2 rings (SSSR count). The highest BCUT2D eigenvalue weighted by atomic mass is 35.5. The van der Waals surface area contributed by atoms with Gasteiger partial charge in [-0.1, -0.05) is 29.8 Å². The van der Waals surface area contributed by atoms with E-state index in [1.165, 1.54) is 0 Å². The van der Waals surface area contributed by atoms with Crippen molar-refractivity contribution in [3.05, 3.63) is 46.7 Å². The molecule has 23 heavy (non-hydrogen) atoms. The number of ether oxygens (including phenoxy) is 2. The van der Waals surface area contributed by atoms with Crippen LogP contribution in [0.1, 0.15) is 32.0 Å². The smallest absolute Gasteiger partial charge is 0.310 e. The zero-order valence-corrected chi connectivity index (χ0v) is 14.6. The van der Waals surface area contributed by atoms with Gasteiger partial charge in [-0.05, 0) is 26.8 Å². The second-order valence-electron chi connectivity index (χ2n) is 6.24. The van der Waals surface area contributed by atoms with Gasteiger partial charge in [0.1, 0.15) is 28.8 Å². The average molecular weight is 337 g/mol. The summed E-state index contributed by atoms with van der Waals surface area (Å²) in [6.45, 7) is 5.82. The van der Waals surface area contributed by atoms with Gasteiger partial charge in [0.2, 0.25) is 0 Å². The summed E-state index contributed by atoms with van der Waals surface area (Å²) in [6, 6.07) is 9.15. The van der Waals surface area contributed by atoms with Gasteiger partial charge in [0.25, 0.3) is 0 Å². The average Bonchev–Trinajstić information content (AvgIpc) is 2.75. The van der Waals surface area contributed by atoms with Gasteiger partial charge in [0.05, 0.1) is 6.42 Å². The maximum Gasteiger partial charge on any atom is 0.310 e. The molecule has 0 N–H and O–H groups in total. The number of esters is 1. The maximum absolute atomic E-state index is 12.0. The van der Waals surface area contributed by atoms with Crippen molar-refractivity contribution in [2.45, 2.75) is 39.4 Å². The molecule has 0 atom stereocenters. The summed E-state index contributed by atoms with van der Waals surface area (Å²) in [5, 5.41) is 4.78. The lowest BCUT2D eigenvalue weighted by Gasteiger charge is -2.20.